The molecule has 27 heavy (non-hydrogen) atoms. The Balaban J connectivity index is 2.01. The van der Waals surface area contributed by atoms with Crippen LogP contribution in [0, 0.1) is 0 Å². The van der Waals surface area contributed by atoms with Gasteiger partial charge in [0.2, 0.25) is 5.75 Å². The maximum absolute atomic E-state index is 5.33. The van der Waals surface area contributed by atoms with Gasteiger partial charge in [-0.2, -0.15) is 5.10 Å². The molecule has 0 fully saturated rings. The largest absolute Gasteiger partial charge is 0.493 e. The van der Waals surface area contributed by atoms with Crippen LogP contribution in [0.15, 0.2) is 41.5 Å². The first-order chi connectivity index (χ1) is 13.0. The van der Waals surface area contributed by atoms with Crippen molar-refractivity contribution in [1.82, 2.24) is 5.43 Å². The Morgan fingerprint density at radius 1 is 1.00 bits per heavy atom. The van der Waals surface area contributed by atoms with Crippen LogP contribution >= 0.6 is 12.2 Å². The van der Waals surface area contributed by atoms with E-state index in [1.54, 1.807) is 39.7 Å². The molecule has 0 bridgehead atoms. The summed E-state index contributed by atoms with van der Waals surface area (Å²) in [7, 11) is 4.70. The van der Waals surface area contributed by atoms with Crippen molar-refractivity contribution in [2.75, 3.05) is 26.6 Å². The Kier molecular flexibility index (Phi) is 7.43. The zero-order valence-corrected chi connectivity index (χ0v) is 17.0. The molecule has 0 aromatic heterocycles. The summed E-state index contributed by atoms with van der Waals surface area (Å²) in [6.07, 6.45) is 1.63. The Labute approximate surface area is 165 Å². The number of ether oxygens (including phenoxy) is 3. The third-order valence-electron chi connectivity index (χ3n) is 3.90. The molecule has 0 spiro atoms. The van der Waals surface area contributed by atoms with E-state index in [2.05, 4.69) is 41.8 Å². The Hall–Kier alpha value is -2.80. The predicted octanol–water partition coefficient (Wildman–Crippen LogP) is 4.16. The summed E-state index contributed by atoms with van der Waals surface area (Å²) < 4.78 is 16.0. The van der Waals surface area contributed by atoms with E-state index in [9.17, 15) is 0 Å². The molecule has 2 rings (SSSR count). The number of anilines is 1. The Bertz CT molecular complexity index is 780. The predicted molar refractivity (Wildman–Crippen MR) is 114 cm³/mol. The second-order valence-electron chi connectivity index (χ2n) is 6.06. The Morgan fingerprint density at radius 2 is 1.59 bits per heavy atom. The molecule has 6 nitrogen and oxygen atoms in total. The monoisotopic (exact) mass is 387 g/mol. The van der Waals surface area contributed by atoms with Crippen molar-refractivity contribution in [2.24, 2.45) is 5.10 Å². The first-order valence-electron chi connectivity index (χ1n) is 8.48. The van der Waals surface area contributed by atoms with Gasteiger partial charge in [-0.15, -0.1) is 0 Å². The van der Waals surface area contributed by atoms with Gasteiger partial charge in [-0.1, -0.05) is 26.0 Å². The first kappa shape index (κ1) is 20.5. The fraction of sp³-hybridized carbons (Fsp3) is 0.300. The average Bonchev–Trinajstić information content (AvgIpc) is 2.67. The molecule has 0 saturated carbocycles. The van der Waals surface area contributed by atoms with Crippen LogP contribution in [-0.4, -0.2) is 32.7 Å². The SMILES string of the molecule is COc1cc(/C=N\NC(=S)Nc2ccc(C(C)C)cc2)cc(OC)c1OC. The topological polar surface area (TPSA) is 64.1 Å². The quantitative estimate of drug-likeness (QED) is 0.423. The molecule has 0 heterocycles. The Morgan fingerprint density at radius 3 is 2.07 bits per heavy atom. The highest BCUT2D eigenvalue weighted by atomic mass is 32.1. The van der Waals surface area contributed by atoms with Gasteiger partial charge in [0.25, 0.3) is 0 Å². The number of nitrogens with one attached hydrogen (secondary N) is 2. The highest BCUT2D eigenvalue weighted by Gasteiger charge is 2.12. The van der Waals surface area contributed by atoms with Gasteiger partial charge in [0, 0.05) is 11.3 Å². The molecule has 0 aliphatic heterocycles. The summed E-state index contributed by atoms with van der Waals surface area (Å²) in [5, 5.41) is 7.65. The number of thiocarbonyl (C=S) groups is 1. The van der Waals surface area contributed by atoms with Gasteiger partial charge in [0.1, 0.15) is 0 Å². The van der Waals surface area contributed by atoms with Crippen LogP contribution in [-0.2, 0) is 0 Å². The lowest BCUT2D eigenvalue weighted by atomic mass is 10.0. The van der Waals surface area contributed by atoms with E-state index < -0.39 is 0 Å². The minimum absolute atomic E-state index is 0.399. The van der Waals surface area contributed by atoms with Gasteiger partial charge in [0.05, 0.1) is 27.5 Å². The molecule has 0 saturated heterocycles. The number of methoxy groups -OCH3 is 3. The van der Waals surface area contributed by atoms with Crippen molar-refractivity contribution in [3.8, 4) is 17.2 Å². The maximum Gasteiger partial charge on any atom is 0.203 e. The third-order valence-corrected chi connectivity index (χ3v) is 4.10. The summed E-state index contributed by atoms with van der Waals surface area (Å²) in [4.78, 5) is 0. The highest BCUT2D eigenvalue weighted by molar-refractivity contribution is 7.80. The van der Waals surface area contributed by atoms with E-state index in [1.807, 2.05) is 12.1 Å². The minimum Gasteiger partial charge on any atom is -0.493 e. The van der Waals surface area contributed by atoms with Crippen LogP contribution in [0.5, 0.6) is 17.2 Å². The number of hydrogen-bond acceptors (Lipinski definition) is 5. The molecule has 7 heteroatoms. The first-order valence-corrected chi connectivity index (χ1v) is 8.89. The van der Waals surface area contributed by atoms with Crippen molar-refractivity contribution in [2.45, 2.75) is 19.8 Å². The number of nitrogens with zero attached hydrogens (tertiary/aromatic N) is 1. The molecule has 0 atom stereocenters. The average molecular weight is 388 g/mol. The lowest BCUT2D eigenvalue weighted by molar-refractivity contribution is 0.324. The summed E-state index contributed by atoms with van der Waals surface area (Å²) in [5.41, 5.74) is 5.76. The second-order valence-corrected chi connectivity index (χ2v) is 6.47. The zero-order chi connectivity index (χ0) is 19.8. The molecule has 0 amide bonds. The molecule has 2 aromatic rings. The van der Waals surface area contributed by atoms with E-state index in [1.165, 1.54) is 5.56 Å². The zero-order valence-electron chi connectivity index (χ0n) is 16.2. The molecule has 0 radical (unpaired) electrons. The van der Waals surface area contributed by atoms with Crippen LogP contribution in [0.4, 0.5) is 5.69 Å². The van der Waals surface area contributed by atoms with E-state index in [0.29, 0.717) is 28.3 Å². The second kappa shape index (κ2) is 9.78. The van der Waals surface area contributed by atoms with Crippen molar-refractivity contribution < 1.29 is 14.2 Å². The van der Waals surface area contributed by atoms with Gasteiger partial charge >= 0.3 is 0 Å². The smallest absolute Gasteiger partial charge is 0.203 e. The number of rotatable bonds is 7. The van der Waals surface area contributed by atoms with Crippen LogP contribution in [0.25, 0.3) is 0 Å². The number of benzene rings is 2. The summed E-state index contributed by atoms with van der Waals surface area (Å²) in [6.45, 7) is 4.32. The van der Waals surface area contributed by atoms with Crippen LogP contribution < -0.4 is 25.0 Å². The maximum atomic E-state index is 5.33. The molecule has 0 aliphatic rings. The van der Waals surface area contributed by atoms with E-state index in [4.69, 9.17) is 26.4 Å². The van der Waals surface area contributed by atoms with Gasteiger partial charge in [0.15, 0.2) is 16.6 Å². The summed E-state index contributed by atoms with van der Waals surface area (Å²) >= 11 is 5.27. The fourth-order valence-corrected chi connectivity index (χ4v) is 2.62. The minimum atomic E-state index is 0.399. The van der Waals surface area contributed by atoms with Gasteiger partial charge in [-0.3, -0.25) is 5.43 Å². The molecule has 0 aliphatic carbocycles. The number of hydrazone groups is 1. The summed E-state index contributed by atoms with van der Waals surface area (Å²) in [6, 6.07) is 11.7. The molecule has 2 N–H and O–H groups in total. The van der Waals surface area contributed by atoms with Crippen LogP contribution in [0.2, 0.25) is 0 Å². The van der Waals surface area contributed by atoms with Crippen molar-refractivity contribution in [3.63, 3.8) is 0 Å². The molecule has 0 unspecified atom stereocenters. The molecular weight excluding hydrogens is 362 g/mol. The van der Waals surface area contributed by atoms with E-state index in [0.717, 1.165) is 11.3 Å². The lowest BCUT2D eigenvalue weighted by Gasteiger charge is -2.12. The molecular formula is C20H25N3O3S. The third kappa shape index (κ3) is 5.59. The lowest BCUT2D eigenvalue weighted by Crippen LogP contribution is -2.23. The summed E-state index contributed by atoms with van der Waals surface area (Å²) in [5.74, 6) is 2.15. The molecule has 144 valence electrons. The molecule has 2 aromatic carbocycles. The van der Waals surface area contributed by atoms with Crippen LogP contribution in [0.1, 0.15) is 30.9 Å². The van der Waals surface area contributed by atoms with Crippen molar-refractivity contribution in [3.05, 3.63) is 47.5 Å². The van der Waals surface area contributed by atoms with Gasteiger partial charge in [-0.25, -0.2) is 0 Å². The number of hydrogen-bond donors (Lipinski definition) is 2. The van der Waals surface area contributed by atoms with Crippen molar-refractivity contribution in [1.29, 1.82) is 0 Å². The standard InChI is InChI=1S/C20H25N3O3S/c1-13(2)15-6-8-16(9-7-15)22-20(27)23-21-12-14-10-17(24-3)19(26-5)18(11-14)25-4/h6-13H,1-5H3,(H2,22,23,27)/b21-12-. The fourth-order valence-electron chi connectivity index (χ4n) is 2.45. The van der Waals surface area contributed by atoms with E-state index >= 15 is 0 Å². The van der Waals surface area contributed by atoms with Gasteiger partial charge < -0.3 is 19.5 Å². The normalized spacial score (nSPS) is 10.7. The van der Waals surface area contributed by atoms with E-state index in [-0.39, 0.29) is 0 Å². The highest BCUT2D eigenvalue weighted by Crippen LogP contribution is 2.37. The van der Waals surface area contributed by atoms with Gasteiger partial charge in [-0.05, 0) is 48.0 Å². The van der Waals surface area contributed by atoms with Crippen molar-refractivity contribution >= 4 is 29.2 Å². The van der Waals surface area contributed by atoms with Crippen LogP contribution in [0.3, 0.4) is 0 Å².